The minimum absolute atomic E-state index is 0.401. The molecule has 2 atom stereocenters. The van der Waals surface area contributed by atoms with Gasteiger partial charge in [-0.2, -0.15) is 0 Å². The van der Waals surface area contributed by atoms with Crippen molar-refractivity contribution in [3.05, 3.63) is 15.6 Å². The molecule has 2 aliphatic carbocycles. The zero-order valence-electron chi connectivity index (χ0n) is 9.82. The first kappa shape index (κ1) is 10.5. The Kier molecular flexibility index (Phi) is 2.39. The average molecular weight is 235 g/mol. The van der Waals surface area contributed by atoms with E-state index < -0.39 is 0 Å². The Morgan fingerprint density at radius 3 is 2.62 bits per heavy atom. The topological polar surface area (TPSA) is 30.0 Å². The van der Waals surface area contributed by atoms with Gasteiger partial charge in [-0.25, -0.2) is 4.98 Å². The molecule has 0 radical (unpaired) electrons. The van der Waals surface area contributed by atoms with Gasteiger partial charge in [0.1, 0.15) is 10.8 Å². The molecule has 0 saturated heterocycles. The lowest BCUT2D eigenvalue weighted by molar-refractivity contribution is -0.120. The standard InChI is InChI=1S/C13H17NOS/c1-7-8(2)16-12(14-7)6-11(15)13-9-4-3-5-10(9)13/h9-10,13H,3-6H2,1-2H3. The highest BCUT2D eigenvalue weighted by Gasteiger charge is 2.55. The highest BCUT2D eigenvalue weighted by molar-refractivity contribution is 7.11. The van der Waals surface area contributed by atoms with Crippen molar-refractivity contribution >= 4 is 17.1 Å². The lowest BCUT2D eigenvalue weighted by Gasteiger charge is -2.00. The maximum atomic E-state index is 12.1. The van der Waals surface area contributed by atoms with Crippen molar-refractivity contribution in [2.24, 2.45) is 17.8 Å². The predicted molar refractivity (Wildman–Crippen MR) is 64.6 cm³/mol. The molecule has 0 spiro atoms. The summed E-state index contributed by atoms with van der Waals surface area (Å²) in [6, 6.07) is 0. The fourth-order valence-corrected chi connectivity index (χ4v) is 4.12. The Morgan fingerprint density at radius 1 is 1.38 bits per heavy atom. The van der Waals surface area contributed by atoms with Gasteiger partial charge in [-0.15, -0.1) is 11.3 Å². The molecular formula is C13H17NOS. The normalized spacial score (nSPS) is 31.5. The summed E-state index contributed by atoms with van der Waals surface area (Å²) in [4.78, 5) is 17.8. The Labute approximate surface area is 100 Å². The van der Waals surface area contributed by atoms with Crippen LogP contribution in [0.15, 0.2) is 0 Å². The van der Waals surface area contributed by atoms with Gasteiger partial charge in [0.05, 0.1) is 12.1 Å². The Hall–Kier alpha value is -0.700. The number of carbonyl (C=O) groups excluding carboxylic acids is 1. The third-order valence-corrected chi connectivity index (χ3v) is 5.25. The first-order valence-corrected chi connectivity index (χ1v) is 6.94. The van der Waals surface area contributed by atoms with Crippen molar-refractivity contribution in [3.63, 3.8) is 0 Å². The molecule has 0 amide bonds. The van der Waals surface area contributed by atoms with Crippen molar-refractivity contribution in [2.75, 3.05) is 0 Å². The summed E-state index contributed by atoms with van der Waals surface area (Å²) in [6.07, 6.45) is 4.50. The van der Waals surface area contributed by atoms with E-state index in [0.29, 0.717) is 18.1 Å². The molecule has 1 aromatic rings. The molecular weight excluding hydrogens is 218 g/mol. The number of thiazole rings is 1. The number of Topliss-reactive ketones (excluding diaryl/α,β-unsaturated/α-hetero) is 1. The van der Waals surface area contributed by atoms with E-state index in [0.717, 1.165) is 22.5 Å². The number of ketones is 1. The van der Waals surface area contributed by atoms with Gasteiger partial charge in [-0.3, -0.25) is 4.79 Å². The van der Waals surface area contributed by atoms with Crippen molar-refractivity contribution < 1.29 is 4.79 Å². The molecule has 2 aliphatic rings. The van der Waals surface area contributed by atoms with Gasteiger partial charge >= 0.3 is 0 Å². The molecule has 2 unspecified atom stereocenters. The number of carbonyl (C=O) groups is 1. The second-order valence-electron chi connectivity index (χ2n) is 5.18. The van der Waals surface area contributed by atoms with Crippen LogP contribution >= 0.6 is 11.3 Å². The van der Waals surface area contributed by atoms with Crippen molar-refractivity contribution in [1.29, 1.82) is 0 Å². The first-order chi connectivity index (χ1) is 7.66. The van der Waals surface area contributed by atoms with E-state index in [1.165, 1.54) is 24.1 Å². The van der Waals surface area contributed by atoms with Gasteiger partial charge in [-0.05, 0) is 38.5 Å². The number of aromatic nitrogens is 1. The summed E-state index contributed by atoms with van der Waals surface area (Å²) in [6.45, 7) is 4.10. The van der Waals surface area contributed by atoms with Gasteiger partial charge in [0.25, 0.3) is 0 Å². The third-order valence-electron chi connectivity index (χ3n) is 4.18. The first-order valence-electron chi connectivity index (χ1n) is 6.12. The van der Waals surface area contributed by atoms with E-state index >= 15 is 0 Å². The maximum Gasteiger partial charge on any atom is 0.143 e. The molecule has 0 aliphatic heterocycles. The van der Waals surface area contributed by atoms with Crippen LogP contribution in [-0.2, 0) is 11.2 Å². The molecule has 1 aromatic heterocycles. The number of aryl methyl sites for hydroxylation is 2. The number of hydrogen-bond donors (Lipinski definition) is 0. The van der Waals surface area contributed by atoms with Gasteiger partial charge in [0.2, 0.25) is 0 Å². The van der Waals surface area contributed by atoms with Crippen molar-refractivity contribution in [1.82, 2.24) is 4.98 Å². The van der Waals surface area contributed by atoms with E-state index in [-0.39, 0.29) is 0 Å². The van der Waals surface area contributed by atoms with Crippen LogP contribution in [0.3, 0.4) is 0 Å². The van der Waals surface area contributed by atoms with Crippen LogP contribution < -0.4 is 0 Å². The molecule has 86 valence electrons. The lowest BCUT2D eigenvalue weighted by atomic mass is 10.1. The number of nitrogens with zero attached hydrogens (tertiary/aromatic N) is 1. The monoisotopic (exact) mass is 235 g/mol. The summed E-state index contributed by atoms with van der Waals surface area (Å²) < 4.78 is 0. The van der Waals surface area contributed by atoms with E-state index in [4.69, 9.17) is 0 Å². The summed E-state index contributed by atoms with van der Waals surface area (Å²) in [5.74, 6) is 2.34. The SMILES string of the molecule is Cc1nc(CC(=O)C2C3CCCC32)sc1C. The second-order valence-corrected chi connectivity index (χ2v) is 6.46. The van der Waals surface area contributed by atoms with Crippen molar-refractivity contribution in [3.8, 4) is 0 Å². The smallest absolute Gasteiger partial charge is 0.143 e. The molecule has 1 heterocycles. The maximum absolute atomic E-state index is 12.1. The minimum Gasteiger partial charge on any atom is -0.299 e. The van der Waals surface area contributed by atoms with Crippen molar-refractivity contribution in [2.45, 2.75) is 39.5 Å². The summed E-state index contributed by atoms with van der Waals surface area (Å²) in [7, 11) is 0. The Morgan fingerprint density at radius 2 is 2.06 bits per heavy atom. The van der Waals surface area contributed by atoms with Crippen LogP contribution in [0, 0.1) is 31.6 Å². The predicted octanol–water partition coefficient (Wildman–Crippen LogP) is 2.92. The van der Waals surface area contributed by atoms with E-state index in [9.17, 15) is 4.79 Å². The molecule has 0 aromatic carbocycles. The number of rotatable bonds is 3. The van der Waals surface area contributed by atoms with Crippen LogP contribution in [0.25, 0.3) is 0 Å². The molecule has 0 N–H and O–H groups in total. The Bertz CT molecular complexity index is 408. The van der Waals surface area contributed by atoms with E-state index in [2.05, 4.69) is 11.9 Å². The molecule has 2 saturated carbocycles. The fraction of sp³-hybridized carbons (Fsp3) is 0.692. The molecule has 3 heteroatoms. The number of fused-ring (bicyclic) bond motifs is 1. The van der Waals surface area contributed by atoms with E-state index in [1.54, 1.807) is 11.3 Å². The molecule has 3 rings (SSSR count). The highest BCUT2D eigenvalue weighted by atomic mass is 32.1. The van der Waals surface area contributed by atoms with Gasteiger partial charge in [0.15, 0.2) is 0 Å². The highest BCUT2D eigenvalue weighted by Crippen LogP contribution is 2.58. The van der Waals surface area contributed by atoms with Crippen LogP contribution in [0.4, 0.5) is 0 Å². The summed E-state index contributed by atoms with van der Waals surface area (Å²) >= 11 is 1.68. The van der Waals surface area contributed by atoms with Crippen LogP contribution in [0.1, 0.15) is 34.8 Å². The molecule has 16 heavy (non-hydrogen) atoms. The molecule has 0 bridgehead atoms. The molecule has 2 fully saturated rings. The van der Waals surface area contributed by atoms with Crippen LogP contribution in [0.5, 0.6) is 0 Å². The molecule has 2 nitrogen and oxygen atoms in total. The summed E-state index contributed by atoms with van der Waals surface area (Å²) in [5, 5.41) is 1.02. The minimum atomic E-state index is 0.401. The summed E-state index contributed by atoms with van der Waals surface area (Å²) in [5.41, 5.74) is 1.09. The average Bonchev–Trinajstić information content (AvgIpc) is 2.55. The Balaban J connectivity index is 1.65. The van der Waals surface area contributed by atoms with Crippen LogP contribution in [0.2, 0.25) is 0 Å². The van der Waals surface area contributed by atoms with Gasteiger partial charge < -0.3 is 0 Å². The lowest BCUT2D eigenvalue weighted by Crippen LogP contribution is -2.08. The fourth-order valence-electron chi connectivity index (χ4n) is 3.18. The van der Waals surface area contributed by atoms with Gasteiger partial charge in [-0.1, -0.05) is 6.42 Å². The van der Waals surface area contributed by atoms with E-state index in [1.807, 2.05) is 6.92 Å². The zero-order valence-corrected chi connectivity index (χ0v) is 10.6. The van der Waals surface area contributed by atoms with Gasteiger partial charge in [0, 0.05) is 10.8 Å². The quantitative estimate of drug-likeness (QED) is 0.806. The third kappa shape index (κ3) is 1.61. The second kappa shape index (κ2) is 3.66. The largest absolute Gasteiger partial charge is 0.299 e. The van der Waals surface area contributed by atoms with Crippen LogP contribution in [-0.4, -0.2) is 10.8 Å². The zero-order chi connectivity index (χ0) is 11.3. The number of hydrogen-bond acceptors (Lipinski definition) is 3.